The summed E-state index contributed by atoms with van der Waals surface area (Å²) in [5, 5.41) is 0. The van der Waals surface area contributed by atoms with Crippen LogP contribution in [0.5, 0.6) is 0 Å². The minimum absolute atomic E-state index is 0.258. The smallest absolute Gasteiger partial charge is 0.00451 e. The van der Waals surface area contributed by atoms with Gasteiger partial charge in [0.1, 0.15) is 0 Å². The predicted octanol–water partition coefficient (Wildman–Crippen LogP) is 2.02. The Morgan fingerprint density at radius 2 is 2.10 bits per heavy atom. The van der Waals surface area contributed by atoms with Gasteiger partial charge in [-0.2, -0.15) is 0 Å². The van der Waals surface area contributed by atoms with Crippen molar-refractivity contribution < 1.29 is 0 Å². The largest absolute Gasteiger partial charge is 0.328 e. The van der Waals surface area contributed by atoms with Crippen molar-refractivity contribution in [3.8, 4) is 0 Å². The second-order valence-electron chi connectivity index (χ2n) is 2.26. The van der Waals surface area contributed by atoms with E-state index in [1.807, 2.05) is 31.2 Å². The molecule has 0 saturated carbocycles. The third-order valence-corrected chi connectivity index (χ3v) is 1.00. The van der Waals surface area contributed by atoms with Gasteiger partial charge in [-0.15, -0.1) is 0 Å². The highest BCUT2D eigenvalue weighted by atomic mass is 14.6. The standard InChI is InChI=1S/C9H15N/c1-3-4-5-6-7-8-9(2)10/h3-7,9H,1,8,10H2,2H3/b5-4-,7-6-. The van der Waals surface area contributed by atoms with E-state index in [1.54, 1.807) is 6.08 Å². The van der Waals surface area contributed by atoms with E-state index < -0.39 is 0 Å². The van der Waals surface area contributed by atoms with Gasteiger partial charge in [0.05, 0.1) is 0 Å². The molecule has 0 aliphatic rings. The zero-order valence-electron chi connectivity index (χ0n) is 6.46. The van der Waals surface area contributed by atoms with Gasteiger partial charge in [-0.3, -0.25) is 0 Å². The summed E-state index contributed by atoms with van der Waals surface area (Å²) in [4.78, 5) is 0. The third-order valence-electron chi connectivity index (χ3n) is 1.00. The lowest BCUT2D eigenvalue weighted by Gasteiger charge is -1.95. The zero-order chi connectivity index (χ0) is 7.82. The van der Waals surface area contributed by atoms with E-state index in [0.29, 0.717) is 0 Å². The van der Waals surface area contributed by atoms with Crippen LogP contribution in [0.15, 0.2) is 37.0 Å². The third kappa shape index (κ3) is 7.18. The van der Waals surface area contributed by atoms with Crippen LogP contribution in [-0.4, -0.2) is 6.04 Å². The van der Waals surface area contributed by atoms with Gasteiger partial charge in [0, 0.05) is 6.04 Å². The van der Waals surface area contributed by atoms with Gasteiger partial charge < -0.3 is 5.73 Å². The molecule has 1 unspecified atom stereocenters. The van der Waals surface area contributed by atoms with Gasteiger partial charge in [-0.25, -0.2) is 0 Å². The molecule has 0 radical (unpaired) electrons. The number of hydrogen-bond acceptors (Lipinski definition) is 1. The van der Waals surface area contributed by atoms with Crippen LogP contribution in [0.25, 0.3) is 0 Å². The lowest BCUT2D eigenvalue weighted by atomic mass is 10.2. The van der Waals surface area contributed by atoms with Crippen LogP contribution in [0.1, 0.15) is 13.3 Å². The van der Waals surface area contributed by atoms with Gasteiger partial charge >= 0.3 is 0 Å². The molecule has 0 aromatic rings. The van der Waals surface area contributed by atoms with E-state index in [0.717, 1.165) is 6.42 Å². The zero-order valence-corrected chi connectivity index (χ0v) is 6.46. The van der Waals surface area contributed by atoms with Gasteiger partial charge in [0.25, 0.3) is 0 Å². The Bertz CT molecular complexity index is 132. The predicted molar refractivity (Wildman–Crippen MR) is 46.7 cm³/mol. The summed E-state index contributed by atoms with van der Waals surface area (Å²) in [7, 11) is 0. The molecular weight excluding hydrogens is 122 g/mol. The van der Waals surface area contributed by atoms with Crippen molar-refractivity contribution in [1.29, 1.82) is 0 Å². The summed E-state index contributed by atoms with van der Waals surface area (Å²) in [5.74, 6) is 0. The van der Waals surface area contributed by atoms with Gasteiger partial charge in [0.2, 0.25) is 0 Å². The van der Waals surface area contributed by atoms with Gasteiger partial charge in [-0.05, 0) is 13.3 Å². The topological polar surface area (TPSA) is 26.0 Å². The SMILES string of the molecule is C=C/C=C\C=C/CC(C)N. The molecule has 0 rings (SSSR count). The van der Waals surface area contributed by atoms with Crippen LogP contribution in [0.4, 0.5) is 0 Å². The fourth-order valence-electron chi connectivity index (χ4n) is 0.515. The molecular formula is C9H15N. The molecule has 0 aromatic heterocycles. The Hall–Kier alpha value is -0.820. The quantitative estimate of drug-likeness (QED) is 0.589. The first kappa shape index (κ1) is 9.18. The molecule has 1 nitrogen and oxygen atoms in total. The van der Waals surface area contributed by atoms with Crippen molar-refractivity contribution in [1.82, 2.24) is 0 Å². The van der Waals surface area contributed by atoms with Crippen molar-refractivity contribution in [2.75, 3.05) is 0 Å². The molecule has 0 amide bonds. The van der Waals surface area contributed by atoms with Crippen LogP contribution in [-0.2, 0) is 0 Å². The molecule has 0 spiro atoms. The van der Waals surface area contributed by atoms with Gasteiger partial charge in [0.15, 0.2) is 0 Å². The molecule has 0 heterocycles. The van der Waals surface area contributed by atoms with Crippen LogP contribution >= 0.6 is 0 Å². The molecule has 10 heavy (non-hydrogen) atoms. The molecule has 0 bridgehead atoms. The summed E-state index contributed by atoms with van der Waals surface area (Å²) in [5.41, 5.74) is 5.51. The first-order valence-electron chi connectivity index (χ1n) is 3.47. The Morgan fingerprint density at radius 3 is 2.60 bits per heavy atom. The lowest BCUT2D eigenvalue weighted by molar-refractivity contribution is 0.757. The fourth-order valence-corrected chi connectivity index (χ4v) is 0.515. The molecule has 0 saturated heterocycles. The average Bonchev–Trinajstić information content (AvgIpc) is 1.87. The minimum Gasteiger partial charge on any atom is -0.328 e. The number of allylic oxidation sites excluding steroid dienone is 4. The van der Waals surface area contributed by atoms with Crippen molar-refractivity contribution in [3.05, 3.63) is 37.0 Å². The first-order valence-corrected chi connectivity index (χ1v) is 3.47. The second-order valence-corrected chi connectivity index (χ2v) is 2.26. The number of rotatable bonds is 4. The Labute approximate surface area is 62.9 Å². The molecule has 1 atom stereocenters. The molecule has 1 heteroatoms. The second kappa shape index (κ2) is 6.30. The normalized spacial score (nSPS) is 14.6. The maximum Gasteiger partial charge on any atom is 0.00451 e. The Morgan fingerprint density at radius 1 is 1.40 bits per heavy atom. The number of hydrogen-bond donors (Lipinski definition) is 1. The molecule has 56 valence electrons. The van der Waals surface area contributed by atoms with Crippen molar-refractivity contribution in [2.24, 2.45) is 5.73 Å². The van der Waals surface area contributed by atoms with E-state index in [-0.39, 0.29) is 6.04 Å². The van der Waals surface area contributed by atoms with Crippen LogP contribution in [0.2, 0.25) is 0 Å². The van der Waals surface area contributed by atoms with Crippen LogP contribution in [0, 0.1) is 0 Å². The fraction of sp³-hybridized carbons (Fsp3) is 0.333. The van der Waals surface area contributed by atoms with E-state index >= 15 is 0 Å². The Balaban J connectivity index is 3.37. The number of nitrogens with two attached hydrogens (primary N) is 1. The first-order chi connectivity index (χ1) is 4.77. The van der Waals surface area contributed by atoms with E-state index in [2.05, 4.69) is 6.58 Å². The highest BCUT2D eigenvalue weighted by molar-refractivity contribution is 5.08. The Kier molecular flexibility index (Phi) is 5.79. The van der Waals surface area contributed by atoms with E-state index in [1.165, 1.54) is 0 Å². The summed E-state index contributed by atoms with van der Waals surface area (Å²) in [6, 6.07) is 0.258. The molecule has 0 aliphatic carbocycles. The summed E-state index contributed by atoms with van der Waals surface area (Å²) < 4.78 is 0. The highest BCUT2D eigenvalue weighted by Crippen LogP contribution is 1.88. The summed E-state index contributed by atoms with van der Waals surface area (Å²) in [6.07, 6.45) is 10.5. The molecule has 0 fully saturated rings. The monoisotopic (exact) mass is 137 g/mol. The van der Waals surface area contributed by atoms with Crippen molar-refractivity contribution in [2.45, 2.75) is 19.4 Å². The van der Waals surface area contributed by atoms with Gasteiger partial charge in [-0.1, -0.05) is 37.0 Å². The summed E-state index contributed by atoms with van der Waals surface area (Å²) >= 11 is 0. The molecule has 2 N–H and O–H groups in total. The summed E-state index contributed by atoms with van der Waals surface area (Å²) in [6.45, 7) is 5.54. The van der Waals surface area contributed by atoms with Crippen molar-refractivity contribution in [3.63, 3.8) is 0 Å². The van der Waals surface area contributed by atoms with Crippen molar-refractivity contribution >= 4 is 0 Å². The van der Waals surface area contributed by atoms with Crippen LogP contribution in [0.3, 0.4) is 0 Å². The molecule has 0 aliphatic heterocycles. The average molecular weight is 137 g/mol. The maximum atomic E-state index is 5.51. The molecule has 0 aromatic carbocycles. The minimum atomic E-state index is 0.258. The van der Waals surface area contributed by atoms with Crippen LogP contribution < -0.4 is 5.73 Å². The lowest BCUT2D eigenvalue weighted by Crippen LogP contribution is -2.12. The van der Waals surface area contributed by atoms with E-state index in [9.17, 15) is 0 Å². The van der Waals surface area contributed by atoms with E-state index in [4.69, 9.17) is 5.73 Å². The maximum absolute atomic E-state index is 5.51. The highest BCUT2D eigenvalue weighted by Gasteiger charge is 1.84.